The van der Waals surface area contributed by atoms with Gasteiger partial charge in [-0.1, -0.05) is 0 Å². The lowest BCUT2D eigenvalue weighted by Gasteiger charge is -2.32. The molecule has 0 atom stereocenters. The number of aromatic nitrogens is 3. The highest BCUT2D eigenvalue weighted by Crippen LogP contribution is 2.30. The van der Waals surface area contributed by atoms with Crippen molar-refractivity contribution in [3.63, 3.8) is 0 Å². The average Bonchev–Trinajstić information content (AvgIpc) is 2.99. The number of amides is 1. The monoisotopic (exact) mass is 353 g/mol. The van der Waals surface area contributed by atoms with Crippen LogP contribution in [0.25, 0.3) is 0 Å². The van der Waals surface area contributed by atoms with E-state index in [4.69, 9.17) is 0 Å². The van der Waals surface area contributed by atoms with Crippen LogP contribution in [0.2, 0.25) is 0 Å². The maximum absolute atomic E-state index is 12.6. The van der Waals surface area contributed by atoms with Gasteiger partial charge in [0.2, 0.25) is 5.91 Å². The standard InChI is InChI=1S/C16H18F3N5O/c1-23-7-6-13(22-23)21-15(25)11-4-8-24(9-5-11)14-3-2-12(10-20-14)16(17,18)19/h2-3,6-7,10-11H,4-5,8-9H2,1H3,(H,21,22,25). The van der Waals surface area contributed by atoms with E-state index in [9.17, 15) is 18.0 Å². The Morgan fingerprint density at radius 1 is 1.24 bits per heavy atom. The molecule has 1 aliphatic heterocycles. The van der Waals surface area contributed by atoms with Crippen LogP contribution in [0.3, 0.4) is 0 Å². The molecule has 9 heteroatoms. The number of piperidine rings is 1. The predicted octanol–water partition coefficient (Wildman–Crippen LogP) is 2.69. The van der Waals surface area contributed by atoms with Crippen LogP contribution < -0.4 is 10.2 Å². The highest BCUT2D eigenvalue weighted by molar-refractivity contribution is 5.91. The van der Waals surface area contributed by atoms with E-state index < -0.39 is 11.7 Å². The molecule has 1 aliphatic rings. The molecule has 0 aromatic carbocycles. The van der Waals surface area contributed by atoms with Crippen LogP contribution in [0.5, 0.6) is 0 Å². The number of hydrogen-bond donors (Lipinski definition) is 1. The van der Waals surface area contributed by atoms with Crippen molar-refractivity contribution in [2.45, 2.75) is 19.0 Å². The summed E-state index contributed by atoms with van der Waals surface area (Å²) in [4.78, 5) is 18.1. The number of rotatable bonds is 3. The van der Waals surface area contributed by atoms with Gasteiger partial charge in [0.05, 0.1) is 5.56 Å². The number of hydrogen-bond acceptors (Lipinski definition) is 4. The number of carbonyl (C=O) groups excluding carboxylic acids is 1. The Balaban J connectivity index is 1.55. The summed E-state index contributed by atoms with van der Waals surface area (Å²) in [7, 11) is 1.77. The second-order valence-corrected chi connectivity index (χ2v) is 6.03. The molecule has 0 saturated carbocycles. The maximum atomic E-state index is 12.6. The van der Waals surface area contributed by atoms with Gasteiger partial charge in [-0.25, -0.2) is 4.98 Å². The normalized spacial score (nSPS) is 16.1. The molecule has 1 amide bonds. The minimum absolute atomic E-state index is 0.0845. The molecule has 0 unspecified atom stereocenters. The Labute approximate surface area is 142 Å². The molecule has 1 N–H and O–H groups in total. The molecule has 0 aliphatic carbocycles. The van der Waals surface area contributed by atoms with E-state index in [0.29, 0.717) is 37.6 Å². The van der Waals surface area contributed by atoms with Crippen molar-refractivity contribution in [1.29, 1.82) is 0 Å². The smallest absolute Gasteiger partial charge is 0.357 e. The van der Waals surface area contributed by atoms with Gasteiger partial charge >= 0.3 is 6.18 Å². The number of anilines is 2. The number of nitrogens with one attached hydrogen (secondary N) is 1. The van der Waals surface area contributed by atoms with Gasteiger partial charge in [0.15, 0.2) is 5.82 Å². The summed E-state index contributed by atoms with van der Waals surface area (Å²) in [6, 6.07) is 4.12. The second kappa shape index (κ2) is 6.73. The number of halogens is 3. The van der Waals surface area contributed by atoms with Gasteiger partial charge in [-0.3, -0.25) is 9.48 Å². The Hall–Kier alpha value is -2.58. The van der Waals surface area contributed by atoms with Gasteiger partial charge in [-0.2, -0.15) is 18.3 Å². The number of carbonyl (C=O) groups is 1. The van der Waals surface area contributed by atoms with Gasteiger partial charge in [0.25, 0.3) is 0 Å². The molecule has 3 heterocycles. The van der Waals surface area contributed by atoms with E-state index in [-0.39, 0.29) is 11.8 Å². The van der Waals surface area contributed by atoms with Crippen molar-refractivity contribution in [2.75, 3.05) is 23.3 Å². The van der Waals surface area contributed by atoms with E-state index in [1.807, 2.05) is 4.90 Å². The first-order chi connectivity index (χ1) is 11.8. The molecule has 2 aromatic rings. The molecule has 0 spiro atoms. The Morgan fingerprint density at radius 3 is 2.48 bits per heavy atom. The minimum Gasteiger partial charge on any atom is -0.357 e. The van der Waals surface area contributed by atoms with E-state index >= 15 is 0 Å². The van der Waals surface area contributed by atoms with Crippen molar-refractivity contribution >= 4 is 17.5 Å². The first-order valence-corrected chi connectivity index (χ1v) is 7.91. The van der Waals surface area contributed by atoms with Crippen molar-refractivity contribution in [3.05, 3.63) is 36.2 Å². The fraction of sp³-hybridized carbons (Fsp3) is 0.438. The zero-order valence-corrected chi connectivity index (χ0v) is 13.6. The zero-order chi connectivity index (χ0) is 18.0. The molecule has 0 radical (unpaired) electrons. The van der Waals surface area contributed by atoms with Gasteiger partial charge in [-0.05, 0) is 25.0 Å². The van der Waals surface area contributed by atoms with Gasteiger partial charge in [-0.15, -0.1) is 0 Å². The lowest BCUT2D eigenvalue weighted by Crippen LogP contribution is -2.38. The van der Waals surface area contributed by atoms with Crippen LogP contribution in [0.1, 0.15) is 18.4 Å². The van der Waals surface area contributed by atoms with E-state index in [1.165, 1.54) is 6.07 Å². The summed E-state index contributed by atoms with van der Waals surface area (Å²) in [5.74, 6) is 0.780. The van der Waals surface area contributed by atoms with E-state index in [1.54, 1.807) is 24.0 Å². The first-order valence-electron chi connectivity index (χ1n) is 7.91. The number of aryl methyl sites for hydroxylation is 1. The summed E-state index contributed by atoms with van der Waals surface area (Å²) in [5.41, 5.74) is -0.763. The molecule has 134 valence electrons. The highest BCUT2D eigenvalue weighted by Gasteiger charge is 2.31. The van der Waals surface area contributed by atoms with Crippen LogP contribution in [0.4, 0.5) is 24.8 Å². The largest absolute Gasteiger partial charge is 0.417 e. The molecule has 1 fully saturated rings. The predicted molar refractivity (Wildman–Crippen MR) is 86.0 cm³/mol. The van der Waals surface area contributed by atoms with Crippen LogP contribution >= 0.6 is 0 Å². The van der Waals surface area contributed by atoms with Gasteiger partial charge < -0.3 is 10.2 Å². The Morgan fingerprint density at radius 2 is 1.96 bits per heavy atom. The topological polar surface area (TPSA) is 63.1 Å². The molecule has 0 bridgehead atoms. The summed E-state index contributed by atoms with van der Waals surface area (Å²) >= 11 is 0. The first kappa shape index (κ1) is 17.2. The average molecular weight is 353 g/mol. The third-order valence-electron chi connectivity index (χ3n) is 4.23. The fourth-order valence-electron chi connectivity index (χ4n) is 2.82. The van der Waals surface area contributed by atoms with Crippen LogP contribution in [-0.4, -0.2) is 33.8 Å². The van der Waals surface area contributed by atoms with Crippen LogP contribution in [0.15, 0.2) is 30.6 Å². The van der Waals surface area contributed by atoms with Gasteiger partial charge in [0.1, 0.15) is 5.82 Å². The minimum atomic E-state index is -4.39. The molecule has 2 aromatic heterocycles. The Bertz CT molecular complexity index is 733. The van der Waals surface area contributed by atoms with E-state index in [2.05, 4.69) is 15.4 Å². The number of pyridine rings is 1. The highest BCUT2D eigenvalue weighted by atomic mass is 19.4. The quantitative estimate of drug-likeness (QED) is 0.922. The second-order valence-electron chi connectivity index (χ2n) is 6.03. The molecule has 25 heavy (non-hydrogen) atoms. The van der Waals surface area contributed by atoms with Crippen molar-refractivity contribution in [2.24, 2.45) is 13.0 Å². The van der Waals surface area contributed by atoms with Crippen molar-refractivity contribution in [1.82, 2.24) is 14.8 Å². The molecule has 6 nitrogen and oxygen atoms in total. The summed E-state index contributed by atoms with van der Waals surface area (Å²) in [5, 5.41) is 6.89. The van der Waals surface area contributed by atoms with Crippen molar-refractivity contribution in [3.8, 4) is 0 Å². The van der Waals surface area contributed by atoms with Gasteiger partial charge in [0, 0.05) is 44.5 Å². The molecule has 1 saturated heterocycles. The lowest BCUT2D eigenvalue weighted by atomic mass is 9.96. The molecular formula is C16H18F3N5O. The molecular weight excluding hydrogens is 335 g/mol. The van der Waals surface area contributed by atoms with E-state index in [0.717, 1.165) is 12.3 Å². The number of alkyl halides is 3. The van der Waals surface area contributed by atoms with Crippen molar-refractivity contribution < 1.29 is 18.0 Å². The maximum Gasteiger partial charge on any atom is 0.417 e. The third-order valence-corrected chi connectivity index (χ3v) is 4.23. The summed E-state index contributed by atoms with van der Waals surface area (Å²) in [6.07, 6.45) is -0.575. The molecule has 3 rings (SSSR count). The Kier molecular flexibility index (Phi) is 4.65. The fourth-order valence-corrected chi connectivity index (χ4v) is 2.82. The SMILES string of the molecule is Cn1ccc(NC(=O)C2CCN(c3ccc(C(F)(F)F)cn3)CC2)n1. The van der Waals surface area contributed by atoms with Crippen LogP contribution in [-0.2, 0) is 18.0 Å². The third kappa shape index (κ3) is 4.09. The van der Waals surface area contributed by atoms with Crippen LogP contribution in [0, 0.1) is 5.92 Å². The summed E-state index contributed by atoms with van der Waals surface area (Å²) < 4.78 is 39.3. The summed E-state index contributed by atoms with van der Waals surface area (Å²) in [6.45, 7) is 1.14. The zero-order valence-electron chi connectivity index (χ0n) is 13.6. The number of nitrogens with zero attached hydrogens (tertiary/aromatic N) is 4. The lowest BCUT2D eigenvalue weighted by molar-refractivity contribution is -0.137.